The lowest BCUT2D eigenvalue weighted by Gasteiger charge is -2.23. The molecule has 0 amide bonds. The van der Waals surface area contributed by atoms with E-state index in [-0.39, 0.29) is 0 Å². The molecule has 0 heterocycles. The summed E-state index contributed by atoms with van der Waals surface area (Å²) in [6, 6.07) is 11.5. The fourth-order valence-electron chi connectivity index (χ4n) is 2.45. The van der Waals surface area contributed by atoms with Gasteiger partial charge in [-0.05, 0) is 31.7 Å². The lowest BCUT2D eigenvalue weighted by Crippen LogP contribution is -2.36. The number of nitrogens with one attached hydrogen (secondary N) is 1. The third kappa shape index (κ3) is 2.65. The summed E-state index contributed by atoms with van der Waals surface area (Å²) in [5, 5.41) is 3.82. The van der Waals surface area contributed by atoms with Gasteiger partial charge in [0.25, 0.3) is 0 Å². The summed E-state index contributed by atoms with van der Waals surface area (Å²) in [5.74, 6) is 0. The second kappa shape index (κ2) is 5.01. The number of hydrogen-bond donors (Lipinski definition) is 1. The van der Waals surface area contributed by atoms with Crippen molar-refractivity contribution >= 4 is 0 Å². The largest absolute Gasteiger partial charge is 0.305 e. The predicted molar refractivity (Wildman–Crippen MR) is 69.5 cm³/mol. The van der Waals surface area contributed by atoms with Crippen molar-refractivity contribution in [1.82, 2.24) is 5.32 Å². The second-order valence-corrected chi connectivity index (χ2v) is 5.14. The summed E-state index contributed by atoms with van der Waals surface area (Å²) in [4.78, 5) is 0. The Morgan fingerprint density at radius 3 is 2.50 bits per heavy atom. The van der Waals surface area contributed by atoms with Crippen molar-refractivity contribution in [3.05, 3.63) is 35.9 Å². The van der Waals surface area contributed by atoms with E-state index in [0.717, 1.165) is 0 Å². The SMILES string of the molecule is CCCCC(C)NC1(c2ccccc2)CC1. The van der Waals surface area contributed by atoms with Gasteiger partial charge in [-0.3, -0.25) is 0 Å². The van der Waals surface area contributed by atoms with Crippen LogP contribution in [0.25, 0.3) is 0 Å². The lowest BCUT2D eigenvalue weighted by atomic mass is 10.0. The van der Waals surface area contributed by atoms with Gasteiger partial charge in [0.05, 0.1) is 0 Å². The molecule has 1 aromatic rings. The van der Waals surface area contributed by atoms with Crippen molar-refractivity contribution < 1.29 is 0 Å². The smallest absolute Gasteiger partial charge is 0.0438 e. The topological polar surface area (TPSA) is 12.0 Å². The molecule has 0 bridgehead atoms. The lowest BCUT2D eigenvalue weighted by molar-refractivity contribution is 0.412. The van der Waals surface area contributed by atoms with E-state index < -0.39 is 0 Å². The van der Waals surface area contributed by atoms with Crippen LogP contribution in [0.5, 0.6) is 0 Å². The average Bonchev–Trinajstić information content (AvgIpc) is 3.09. The molecule has 0 radical (unpaired) electrons. The number of rotatable bonds is 6. The fraction of sp³-hybridized carbons (Fsp3) is 0.600. The van der Waals surface area contributed by atoms with Gasteiger partial charge in [-0.25, -0.2) is 0 Å². The number of hydrogen-bond acceptors (Lipinski definition) is 1. The summed E-state index contributed by atoms with van der Waals surface area (Å²) >= 11 is 0. The molecule has 1 N–H and O–H groups in total. The molecule has 1 saturated carbocycles. The van der Waals surface area contributed by atoms with Crippen LogP contribution in [0.1, 0.15) is 51.5 Å². The molecule has 0 saturated heterocycles. The van der Waals surface area contributed by atoms with Crippen LogP contribution in [0.4, 0.5) is 0 Å². The van der Waals surface area contributed by atoms with Crippen molar-refractivity contribution in [2.24, 2.45) is 0 Å². The van der Waals surface area contributed by atoms with Crippen LogP contribution >= 0.6 is 0 Å². The molecule has 2 rings (SSSR count). The minimum absolute atomic E-state index is 0.314. The quantitative estimate of drug-likeness (QED) is 0.763. The van der Waals surface area contributed by atoms with Gasteiger partial charge in [0.15, 0.2) is 0 Å². The highest BCUT2D eigenvalue weighted by Gasteiger charge is 2.44. The van der Waals surface area contributed by atoms with Crippen LogP contribution in [-0.2, 0) is 5.54 Å². The molecule has 0 aromatic heterocycles. The summed E-state index contributed by atoms with van der Waals surface area (Å²) in [7, 11) is 0. The van der Waals surface area contributed by atoms with Crippen molar-refractivity contribution in [2.75, 3.05) is 0 Å². The first kappa shape index (κ1) is 11.7. The second-order valence-electron chi connectivity index (χ2n) is 5.14. The number of unbranched alkanes of at least 4 members (excludes halogenated alkanes) is 1. The summed E-state index contributed by atoms with van der Waals surface area (Å²) < 4.78 is 0. The van der Waals surface area contributed by atoms with E-state index in [1.54, 1.807) is 0 Å². The molecule has 1 heteroatoms. The van der Waals surface area contributed by atoms with Crippen molar-refractivity contribution in [3.63, 3.8) is 0 Å². The molecule has 1 nitrogen and oxygen atoms in total. The highest BCUT2D eigenvalue weighted by Crippen LogP contribution is 2.45. The van der Waals surface area contributed by atoms with Crippen LogP contribution in [0.2, 0.25) is 0 Å². The van der Waals surface area contributed by atoms with Crippen LogP contribution in [0.3, 0.4) is 0 Å². The molecule has 88 valence electrons. The highest BCUT2D eigenvalue weighted by atomic mass is 15.0. The molecule has 0 aliphatic heterocycles. The van der Waals surface area contributed by atoms with E-state index in [1.165, 1.54) is 37.7 Å². The number of benzene rings is 1. The molecule has 1 fully saturated rings. The first-order valence-electron chi connectivity index (χ1n) is 6.60. The minimum atomic E-state index is 0.314. The molecule has 1 aliphatic rings. The predicted octanol–water partition coefficient (Wildman–Crippen LogP) is 3.84. The Kier molecular flexibility index (Phi) is 3.65. The standard InChI is InChI=1S/C15H23N/c1-3-4-8-13(2)16-15(11-12-15)14-9-6-5-7-10-14/h5-7,9-10,13,16H,3-4,8,11-12H2,1-2H3. The highest BCUT2D eigenvalue weighted by molar-refractivity contribution is 5.30. The van der Waals surface area contributed by atoms with Gasteiger partial charge in [0.1, 0.15) is 0 Å². The molecule has 1 atom stereocenters. The molecular weight excluding hydrogens is 194 g/mol. The summed E-state index contributed by atoms with van der Waals surface area (Å²) in [6.07, 6.45) is 6.52. The van der Waals surface area contributed by atoms with Gasteiger partial charge in [0, 0.05) is 11.6 Å². The third-order valence-corrected chi connectivity index (χ3v) is 3.59. The monoisotopic (exact) mass is 217 g/mol. The van der Waals surface area contributed by atoms with Crippen LogP contribution in [0.15, 0.2) is 30.3 Å². The molecule has 1 aliphatic carbocycles. The van der Waals surface area contributed by atoms with E-state index in [0.29, 0.717) is 11.6 Å². The Labute approximate surface area is 99.3 Å². The Morgan fingerprint density at radius 1 is 1.25 bits per heavy atom. The Hall–Kier alpha value is -0.820. The van der Waals surface area contributed by atoms with Gasteiger partial charge >= 0.3 is 0 Å². The third-order valence-electron chi connectivity index (χ3n) is 3.59. The Morgan fingerprint density at radius 2 is 1.94 bits per heavy atom. The van der Waals surface area contributed by atoms with Gasteiger partial charge in [-0.15, -0.1) is 0 Å². The molecule has 16 heavy (non-hydrogen) atoms. The maximum absolute atomic E-state index is 3.82. The van der Waals surface area contributed by atoms with Gasteiger partial charge < -0.3 is 5.32 Å². The minimum Gasteiger partial charge on any atom is -0.305 e. The molecule has 1 aromatic carbocycles. The van der Waals surface area contributed by atoms with Crippen molar-refractivity contribution in [3.8, 4) is 0 Å². The van der Waals surface area contributed by atoms with Crippen molar-refractivity contribution in [2.45, 2.75) is 57.5 Å². The van der Waals surface area contributed by atoms with Crippen molar-refractivity contribution in [1.29, 1.82) is 0 Å². The Bertz CT molecular complexity index is 313. The van der Waals surface area contributed by atoms with Gasteiger partial charge in [-0.2, -0.15) is 0 Å². The Balaban J connectivity index is 1.94. The van der Waals surface area contributed by atoms with Gasteiger partial charge in [0.2, 0.25) is 0 Å². The molecular formula is C15H23N. The molecule has 1 unspecified atom stereocenters. The zero-order chi connectivity index (χ0) is 11.4. The zero-order valence-corrected chi connectivity index (χ0v) is 10.5. The average molecular weight is 217 g/mol. The maximum atomic E-state index is 3.82. The van der Waals surface area contributed by atoms with E-state index in [2.05, 4.69) is 49.5 Å². The van der Waals surface area contributed by atoms with Crippen LogP contribution in [-0.4, -0.2) is 6.04 Å². The van der Waals surface area contributed by atoms with E-state index in [1.807, 2.05) is 0 Å². The summed E-state index contributed by atoms with van der Waals surface area (Å²) in [6.45, 7) is 4.58. The summed E-state index contributed by atoms with van der Waals surface area (Å²) in [5.41, 5.74) is 1.78. The van der Waals surface area contributed by atoms with Crippen LogP contribution < -0.4 is 5.32 Å². The van der Waals surface area contributed by atoms with Crippen LogP contribution in [0, 0.1) is 0 Å². The van der Waals surface area contributed by atoms with E-state index in [4.69, 9.17) is 0 Å². The first-order chi connectivity index (χ1) is 7.77. The maximum Gasteiger partial charge on any atom is 0.0438 e. The van der Waals surface area contributed by atoms with Gasteiger partial charge in [-0.1, -0.05) is 50.1 Å². The molecule has 0 spiro atoms. The first-order valence-corrected chi connectivity index (χ1v) is 6.60. The fourth-order valence-corrected chi connectivity index (χ4v) is 2.45. The van der Waals surface area contributed by atoms with E-state index in [9.17, 15) is 0 Å². The van der Waals surface area contributed by atoms with E-state index >= 15 is 0 Å². The normalized spacial score (nSPS) is 19.4. The zero-order valence-electron chi connectivity index (χ0n) is 10.5.